The van der Waals surface area contributed by atoms with Crippen molar-refractivity contribution in [1.82, 2.24) is 5.32 Å². The highest BCUT2D eigenvalue weighted by Gasteiger charge is 2.18. The molecule has 0 radical (unpaired) electrons. The monoisotopic (exact) mass is 265 g/mol. The molecule has 1 aromatic carbocycles. The maximum Gasteiger partial charge on any atom is 0.253 e. The van der Waals surface area contributed by atoms with Crippen molar-refractivity contribution in [3.63, 3.8) is 0 Å². The van der Waals surface area contributed by atoms with Crippen LogP contribution in [0.25, 0.3) is 0 Å². The van der Waals surface area contributed by atoms with Crippen molar-refractivity contribution in [2.75, 3.05) is 6.61 Å². The standard InChI is InChI=1S/C13H12ClNO3/c14-10-5-2-1-4-9(10)13(17)15-11(8-16)12-6-3-7-18-12/h1-7,11,16H,8H2,(H,15,17). The molecule has 94 valence electrons. The number of nitrogens with one attached hydrogen (secondary N) is 1. The van der Waals surface area contributed by atoms with Crippen molar-refractivity contribution in [2.24, 2.45) is 0 Å². The Hall–Kier alpha value is -1.78. The number of furan rings is 1. The molecule has 1 aromatic heterocycles. The molecule has 2 aromatic rings. The van der Waals surface area contributed by atoms with Gasteiger partial charge in [-0.2, -0.15) is 0 Å². The summed E-state index contributed by atoms with van der Waals surface area (Å²) in [7, 11) is 0. The average molecular weight is 266 g/mol. The SMILES string of the molecule is O=C(NC(CO)c1ccco1)c1ccccc1Cl. The van der Waals surface area contributed by atoms with Crippen LogP contribution >= 0.6 is 11.6 Å². The predicted molar refractivity (Wildman–Crippen MR) is 67.5 cm³/mol. The van der Waals surface area contributed by atoms with E-state index in [4.69, 9.17) is 16.0 Å². The van der Waals surface area contributed by atoms with Crippen LogP contribution in [0.4, 0.5) is 0 Å². The Balaban J connectivity index is 2.14. The zero-order chi connectivity index (χ0) is 13.0. The Kier molecular flexibility index (Phi) is 4.02. The van der Waals surface area contributed by atoms with Crippen molar-refractivity contribution >= 4 is 17.5 Å². The van der Waals surface area contributed by atoms with Gasteiger partial charge in [-0.3, -0.25) is 4.79 Å². The number of amides is 1. The normalized spacial score (nSPS) is 12.1. The van der Waals surface area contributed by atoms with Gasteiger partial charge in [0.2, 0.25) is 0 Å². The average Bonchev–Trinajstić information content (AvgIpc) is 2.90. The Morgan fingerprint density at radius 1 is 1.33 bits per heavy atom. The molecule has 1 atom stereocenters. The molecule has 0 fully saturated rings. The summed E-state index contributed by atoms with van der Waals surface area (Å²) in [5.74, 6) is 0.147. The topological polar surface area (TPSA) is 62.5 Å². The zero-order valence-corrected chi connectivity index (χ0v) is 10.2. The van der Waals surface area contributed by atoms with Crippen LogP contribution in [0.3, 0.4) is 0 Å². The van der Waals surface area contributed by atoms with Gasteiger partial charge in [0, 0.05) is 0 Å². The molecule has 18 heavy (non-hydrogen) atoms. The van der Waals surface area contributed by atoms with Gasteiger partial charge in [0.25, 0.3) is 5.91 Å². The molecule has 0 aliphatic rings. The molecule has 2 N–H and O–H groups in total. The summed E-state index contributed by atoms with van der Waals surface area (Å²) >= 11 is 5.92. The highest BCUT2D eigenvalue weighted by molar-refractivity contribution is 6.33. The van der Waals surface area contributed by atoms with E-state index in [-0.39, 0.29) is 12.5 Å². The number of benzene rings is 1. The number of carbonyl (C=O) groups is 1. The number of hydrogen-bond donors (Lipinski definition) is 2. The van der Waals surface area contributed by atoms with Crippen molar-refractivity contribution in [1.29, 1.82) is 0 Å². The van der Waals surface area contributed by atoms with Gasteiger partial charge < -0.3 is 14.8 Å². The smallest absolute Gasteiger partial charge is 0.253 e. The van der Waals surface area contributed by atoms with Crippen LogP contribution in [0.1, 0.15) is 22.2 Å². The lowest BCUT2D eigenvalue weighted by Crippen LogP contribution is -2.30. The van der Waals surface area contributed by atoms with Gasteiger partial charge in [0.05, 0.1) is 23.5 Å². The zero-order valence-electron chi connectivity index (χ0n) is 9.47. The fourth-order valence-electron chi connectivity index (χ4n) is 1.58. The van der Waals surface area contributed by atoms with E-state index in [1.54, 1.807) is 36.4 Å². The Morgan fingerprint density at radius 2 is 2.11 bits per heavy atom. The summed E-state index contributed by atoms with van der Waals surface area (Å²) in [6, 6.07) is 9.53. The molecule has 1 unspecified atom stereocenters. The number of aliphatic hydroxyl groups is 1. The van der Waals surface area contributed by atoms with Gasteiger partial charge in [0.15, 0.2) is 0 Å². The lowest BCUT2D eigenvalue weighted by Gasteiger charge is -2.14. The highest BCUT2D eigenvalue weighted by Crippen LogP contribution is 2.17. The molecule has 2 rings (SSSR count). The molecule has 0 saturated heterocycles. The maximum atomic E-state index is 12.0. The van der Waals surface area contributed by atoms with Gasteiger partial charge >= 0.3 is 0 Å². The summed E-state index contributed by atoms with van der Waals surface area (Å²) in [6.07, 6.45) is 1.49. The van der Waals surface area contributed by atoms with Gasteiger partial charge in [-0.15, -0.1) is 0 Å². The van der Waals surface area contributed by atoms with Crippen LogP contribution in [0.5, 0.6) is 0 Å². The van der Waals surface area contributed by atoms with E-state index in [1.165, 1.54) is 6.26 Å². The quantitative estimate of drug-likeness (QED) is 0.892. The second-order valence-corrected chi connectivity index (χ2v) is 4.11. The van der Waals surface area contributed by atoms with Crippen molar-refractivity contribution in [2.45, 2.75) is 6.04 Å². The summed E-state index contributed by atoms with van der Waals surface area (Å²) in [5.41, 5.74) is 0.365. The first-order valence-corrected chi connectivity index (χ1v) is 5.80. The van der Waals surface area contributed by atoms with E-state index in [1.807, 2.05) is 0 Å². The summed E-state index contributed by atoms with van der Waals surface area (Å²) < 4.78 is 5.15. The Labute approximate surface area is 109 Å². The molecule has 5 heteroatoms. The second kappa shape index (κ2) is 5.71. The first-order chi connectivity index (χ1) is 8.72. The molecular weight excluding hydrogens is 254 g/mol. The summed E-state index contributed by atoms with van der Waals surface area (Å²) in [5, 5.41) is 12.3. The third kappa shape index (κ3) is 2.72. The number of rotatable bonds is 4. The molecule has 0 bridgehead atoms. The molecule has 0 aliphatic heterocycles. The second-order valence-electron chi connectivity index (χ2n) is 3.70. The molecule has 0 saturated carbocycles. The Bertz CT molecular complexity index is 525. The minimum Gasteiger partial charge on any atom is -0.467 e. The van der Waals surface area contributed by atoms with Crippen LogP contribution in [-0.4, -0.2) is 17.6 Å². The molecule has 4 nitrogen and oxygen atoms in total. The van der Waals surface area contributed by atoms with E-state index < -0.39 is 6.04 Å². The summed E-state index contributed by atoms with van der Waals surface area (Å²) in [6.45, 7) is -0.246. The first-order valence-electron chi connectivity index (χ1n) is 5.42. The van der Waals surface area contributed by atoms with Crippen molar-refractivity contribution in [3.05, 3.63) is 59.0 Å². The highest BCUT2D eigenvalue weighted by atomic mass is 35.5. The van der Waals surface area contributed by atoms with Crippen LogP contribution in [0.15, 0.2) is 47.1 Å². The molecule has 0 spiro atoms. The van der Waals surface area contributed by atoms with E-state index in [2.05, 4.69) is 5.32 Å². The fraction of sp³-hybridized carbons (Fsp3) is 0.154. The largest absolute Gasteiger partial charge is 0.467 e. The van der Waals surface area contributed by atoms with E-state index in [0.29, 0.717) is 16.3 Å². The van der Waals surface area contributed by atoms with Gasteiger partial charge in [0.1, 0.15) is 11.8 Å². The predicted octanol–water partition coefficient (Wildman–Crippen LogP) is 2.40. The van der Waals surface area contributed by atoms with Gasteiger partial charge in [-0.25, -0.2) is 0 Å². The minimum atomic E-state index is -0.580. The molecule has 0 aliphatic carbocycles. The number of carbonyl (C=O) groups excluding carboxylic acids is 1. The third-order valence-corrected chi connectivity index (χ3v) is 2.82. The minimum absolute atomic E-state index is 0.246. The Morgan fingerprint density at radius 3 is 2.72 bits per heavy atom. The van der Waals surface area contributed by atoms with Gasteiger partial charge in [-0.1, -0.05) is 23.7 Å². The van der Waals surface area contributed by atoms with E-state index in [0.717, 1.165) is 0 Å². The first kappa shape index (κ1) is 12.7. The summed E-state index contributed by atoms with van der Waals surface area (Å²) in [4.78, 5) is 12.0. The fourth-order valence-corrected chi connectivity index (χ4v) is 1.80. The van der Waals surface area contributed by atoms with Crippen LogP contribution in [0.2, 0.25) is 5.02 Å². The van der Waals surface area contributed by atoms with E-state index >= 15 is 0 Å². The lowest BCUT2D eigenvalue weighted by molar-refractivity contribution is 0.0907. The van der Waals surface area contributed by atoms with Crippen LogP contribution in [0, 0.1) is 0 Å². The molecular formula is C13H12ClNO3. The number of hydrogen-bond acceptors (Lipinski definition) is 3. The van der Waals surface area contributed by atoms with Gasteiger partial charge in [-0.05, 0) is 24.3 Å². The van der Waals surface area contributed by atoms with Crippen LogP contribution in [-0.2, 0) is 0 Å². The van der Waals surface area contributed by atoms with Crippen molar-refractivity contribution < 1.29 is 14.3 Å². The molecule has 1 heterocycles. The third-order valence-electron chi connectivity index (χ3n) is 2.49. The number of halogens is 1. The number of aliphatic hydroxyl groups excluding tert-OH is 1. The van der Waals surface area contributed by atoms with E-state index in [9.17, 15) is 9.90 Å². The van der Waals surface area contributed by atoms with Crippen molar-refractivity contribution in [3.8, 4) is 0 Å². The maximum absolute atomic E-state index is 12.0. The lowest BCUT2D eigenvalue weighted by atomic mass is 10.1. The van der Waals surface area contributed by atoms with Crippen LogP contribution < -0.4 is 5.32 Å². The molecule has 1 amide bonds.